The van der Waals surface area contributed by atoms with Crippen molar-refractivity contribution < 1.29 is 33.5 Å². The van der Waals surface area contributed by atoms with Crippen LogP contribution in [0.25, 0.3) is 6.08 Å². The first kappa shape index (κ1) is 28.3. The molecule has 3 aromatic carbocycles. The Labute approximate surface area is 230 Å². The maximum atomic E-state index is 11.3. The zero-order valence-corrected chi connectivity index (χ0v) is 23.3. The van der Waals surface area contributed by atoms with Crippen LogP contribution in [-0.2, 0) is 4.74 Å². The van der Waals surface area contributed by atoms with Gasteiger partial charge in [-0.2, -0.15) is 0 Å². The fourth-order valence-electron chi connectivity index (χ4n) is 5.19. The normalized spacial score (nSPS) is 19.9. The molecular formula is C32H38O7. The summed E-state index contributed by atoms with van der Waals surface area (Å²) in [7, 11) is 8.12. The molecule has 1 aliphatic heterocycles. The Hall–Kier alpha value is -3.68. The van der Waals surface area contributed by atoms with E-state index >= 15 is 0 Å². The highest BCUT2D eigenvalue weighted by Crippen LogP contribution is 2.43. The molecule has 7 nitrogen and oxygen atoms in total. The van der Waals surface area contributed by atoms with Crippen LogP contribution in [0.4, 0.5) is 0 Å². The minimum atomic E-state index is -0.695. The molecule has 7 heteroatoms. The van der Waals surface area contributed by atoms with Crippen molar-refractivity contribution in [3.8, 4) is 28.7 Å². The van der Waals surface area contributed by atoms with Gasteiger partial charge in [0, 0.05) is 5.92 Å². The van der Waals surface area contributed by atoms with E-state index in [1.807, 2.05) is 48.5 Å². The fraction of sp³-hybridized carbons (Fsp3) is 0.375. The minimum Gasteiger partial charge on any atom is -0.497 e. The highest BCUT2D eigenvalue weighted by Gasteiger charge is 2.35. The molecule has 0 amide bonds. The van der Waals surface area contributed by atoms with Gasteiger partial charge in [0.05, 0.1) is 54.4 Å². The number of aliphatic hydroxyl groups excluding tert-OH is 1. The second kappa shape index (κ2) is 13.4. The zero-order chi connectivity index (χ0) is 27.8. The molecule has 208 valence electrons. The van der Waals surface area contributed by atoms with Crippen LogP contribution in [0.1, 0.15) is 41.7 Å². The van der Waals surface area contributed by atoms with Crippen LogP contribution in [0, 0.1) is 11.8 Å². The van der Waals surface area contributed by atoms with Crippen molar-refractivity contribution in [2.45, 2.75) is 25.0 Å². The third-order valence-electron chi connectivity index (χ3n) is 7.32. The quantitative estimate of drug-likeness (QED) is 0.311. The lowest BCUT2D eigenvalue weighted by molar-refractivity contribution is -0.0900. The molecule has 0 aliphatic carbocycles. The second-order valence-electron chi connectivity index (χ2n) is 9.59. The Morgan fingerprint density at radius 1 is 0.795 bits per heavy atom. The first-order chi connectivity index (χ1) is 19.0. The Kier molecular flexibility index (Phi) is 9.74. The SMILES string of the molecule is COc1ccc([C@H]2OC[C@H]([C@@H](O)c3ccc(OC)c(OC)c3)C[C@@H]2C/C=C/c2ccc(OC)c(OC)c2)cc1. The maximum absolute atomic E-state index is 11.3. The molecule has 1 fully saturated rings. The monoisotopic (exact) mass is 534 g/mol. The van der Waals surface area contributed by atoms with E-state index in [4.69, 9.17) is 28.4 Å². The number of ether oxygens (including phenoxy) is 6. The standard InChI is InChI=1S/C32H38O7/c1-34-26-13-10-22(11-14-26)32-24(8-6-7-21-9-15-27(35-2)29(17-21)37-4)18-25(20-39-32)31(33)23-12-16-28(36-3)30(19-23)38-5/h6-7,9-17,19,24-25,31-33H,8,18,20H2,1-5H3/b7-6+/t24-,25+,31-,32+/m0/s1. The molecule has 0 bridgehead atoms. The van der Waals surface area contributed by atoms with Gasteiger partial charge in [-0.15, -0.1) is 0 Å². The summed E-state index contributed by atoms with van der Waals surface area (Å²) in [4.78, 5) is 0. The highest BCUT2D eigenvalue weighted by atomic mass is 16.5. The molecule has 3 aromatic rings. The molecule has 0 saturated carbocycles. The van der Waals surface area contributed by atoms with Crippen molar-refractivity contribution in [1.29, 1.82) is 0 Å². The number of benzene rings is 3. The summed E-state index contributed by atoms with van der Waals surface area (Å²) in [6.07, 6.45) is 5.03. The van der Waals surface area contributed by atoms with Crippen molar-refractivity contribution in [3.05, 3.63) is 83.4 Å². The van der Waals surface area contributed by atoms with Crippen LogP contribution >= 0.6 is 0 Å². The molecular weight excluding hydrogens is 496 g/mol. The summed E-state index contributed by atoms with van der Waals surface area (Å²) in [5.41, 5.74) is 2.90. The van der Waals surface area contributed by atoms with E-state index in [9.17, 15) is 5.11 Å². The van der Waals surface area contributed by atoms with Gasteiger partial charge in [-0.25, -0.2) is 0 Å². The van der Waals surface area contributed by atoms with Crippen LogP contribution in [0.2, 0.25) is 0 Å². The summed E-state index contributed by atoms with van der Waals surface area (Å²) in [5, 5.41) is 11.3. The number of allylic oxidation sites excluding steroid dienone is 1. The van der Waals surface area contributed by atoms with E-state index in [-0.39, 0.29) is 17.9 Å². The van der Waals surface area contributed by atoms with Crippen molar-refractivity contribution in [1.82, 2.24) is 0 Å². The third kappa shape index (κ3) is 6.67. The molecule has 1 saturated heterocycles. The van der Waals surface area contributed by atoms with Crippen molar-refractivity contribution in [2.24, 2.45) is 11.8 Å². The van der Waals surface area contributed by atoms with Gasteiger partial charge >= 0.3 is 0 Å². The van der Waals surface area contributed by atoms with E-state index in [1.54, 1.807) is 35.5 Å². The van der Waals surface area contributed by atoms with E-state index in [0.29, 0.717) is 29.6 Å². The second-order valence-corrected chi connectivity index (χ2v) is 9.59. The van der Waals surface area contributed by atoms with Gasteiger partial charge in [-0.05, 0) is 71.8 Å². The molecule has 4 rings (SSSR count). The van der Waals surface area contributed by atoms with Gasteiger partial charge in [0.1, 0.15) is 5.75 Å². The lowest BCUT2D eigenvalue weighted by atomic mass is 9.79. The average molecular weight is 535 g/mol. The van der Waals surface area contributed by atoms with Crippen LogP contribution in [0.15, 0.2) is 66.7 Å². The van der Waals surface area contributed by atoms with E-state index in [1.165, 1.54) is 0 Å². The Bertz CT molecular complexity index is 1240. The minimum absolute atomic E-state index is 0.0721. The van der Waals surface area contributed by atoms with Crippen LogP contribution in [0.5, 0.6) is 28.7 Å². The fourth-order valence-corrected chi connectivity index (χ4v) is 5.19. The Morgan fingerprint density at radius 2 is 1.44 bits per heavy atom. The summed E-state index contributed by atoms with van der Waals surface area (Å²) in [6.45, 7) is 0.447. The van der Waals surface area contributed by atoms with Crippen LogP contribution in [-0.4, -0.2) is 47.3 Å². The van der Waals surface area contributed by atoms with Crippen molar-refractivity contribution in [3.63, 3.8) is 0 Å². The van der Waals surface area contributed by atoms with Gasteiger partial charge in [0.25, 0.3) is 0 Å². The largest absolute Gasteiger partial charge is 0.497 e. The molecule has 0 spiro atoms. The molecule has 39 heavy (non-hydrogen) atoms. The maximum Gasteiger partial charge on any atom is 0.161 e. The highest BCUT2D eigenvalue weighted by molar-refractivity contribution is 5.56. The van der Waals surface area contributed by atoms with Gasteiger partial charge in [0.2, 0.25) is 0 Å². The smallest absolute Gasteiger partial charge is 0.161 e. The molecule has 4 atom stereocenters. The lowest BCUT2D eigenvalue weighted by Crippen LogP contribution is -2.32. The molecule has 0 unspecified atom stereocenters. The first-order valence-electron chi connectivity index (χ1n) is 13.0. The molecule has 0 aromatic heterocycles. The third-order valence-corrected chi connectivity index (χ3v) is 7.32. The van der Waals surface area contributed by atoms with Gasteiger partial charge in [-0.1, -0.05) is 36.4 Å². The molecule has 0 radical (unpaired) electrons. The lowest BCUT2D eigenvalue weighted by Gasteiger charge is -2.38. The number of aliphatic hydroxyl groups is 1. The Balaban J connectivity index is 1.55. The molecule has 1 N–H and O–H groups in total. The summed E-state index contributed by atoms with van der Waals surface area (Å²) >= 11 is 0. The number of rotatable bonds is 11. The van der Waals surface area contributed by atoms with Crippen molar-refractivity contribution in [2.75, 3.05) is 42.2 Å². The van der Waals surface area contributed by atoms with Crippen LogP contribution in [0.3, 0.4) is 0 Å². The predicted octanol–water partition coefficient (Wildman–Crippen LogP) is 6.26. The number of hydrogen-bond donors (Lipinski definition) is 1. The van der Waals surface area contributed by atoms with E-state index < -0.39 is 6.10 Å². The van der Waals surface area contributed by atoms with Crippen LogP contribution < -0.4 is 23.7 Å². The molecule has 1 aliphatic rings. The number of methoxy groups -OCH3 is 5. The Morgan fingerprint density at radius 3 is 2.08 bits per heavy atom. The number of hydrogen-bond acceptors (Lipinski definition) is 7. The van der Waals surface area contributed by atoms with Gasteiger partial charge < -0.3 is 33.5 Å². The molecule has 1 heterocycles. The van der Waals surface area contributed by atoms with E-state index in [2.05, 4.69) is 24.3 Å². The zero-order valence-electron chi connectivity index (χ0n) is 23.3. The van der Waals surface area contributed by atoms with E-state index in [0.717, 1.165) is 35.3 Å². The van der Waals surface area contributed by atoms with Gasteiger partial charge in [-0.3, -0.25) is 0 Å². The predicted molar refractivity (Wildman–Crippen MR) is 151 cm³/mol. The first-order valence-corrected chi connectivity index (χ1v) is 13.0. The van der Waals surface area contributed by atoms with Crippen molar-refractivity contribution >= 4 is 6.08 Å². The average Bonchev–Trinajstić information content (AvgIpc) is 3.00. The summed E-state index contributed by atoms with van der Waals surface area (Å²) in [6, 6.07) is 19.4. The summed E-state index contributed by atoms with van der Waals surface area (Å²) < 4.78 is 33.4. The van der Waals surface area contributed by atoms with Gasteiger partial charge in [0.15, 0.2) is 23.0 Å². The summed E-state index contributed by atoms with van der Waals surface area (Å²) in [5.74, 6) is 3.50. The topological polar surface area (TPSA) is 75.6 Å².